The van der Waals surface area contributed by atoms with Gasteiger partial charge in [0, 0.05) is 0 Å². The molecule has 0 spiro atoms. The molecule has 0 aliphatic heterocycles. The summed E-state index contributed by atoms with van der Waals surface area (Å²) in [7, 11) is 0. The van der Waals surface area contributed by atoms with E-state index in [1.165, 1.54) is 0 Å². The van der Waals surface area contributed by atoms with Gasteiger partial charge in [-0.25, -0.2) is 0 Å². The van der Waals surface area contributed by atoms with Crippen LogP contribution in [0.5, 0.6) is 0 Å². The van der Waals surface area contributed by atoms with Crippen LogP contribution in [0.2, 0.25) is 0 Å². The summed E-state index contributed by atoms with van der Waals surface area (Å²) in [5, 5.41) is 15.4. The second-order valence-electron chi connectivity index (χ2n) is 0.964. The monoisotopic (exact) mass is 228 g/mol. The number of carboxylic acids is 2. The fourth-order valence-corrected chi connectivity index (χ4v) is 0.129. The number of rotatable bonds is 2. The van der Waals surface area contributed by atoms with Crippen molar-refractivity contribution >= 4 is 36.4 Å². The minimum absolute atomic E-state index is 0. The maximum absolute atomic E-state index is 9.43. The quantitative estimate of drug-likeness (QED) is 0.440. The Morgan fingerprint density at radius 3 is 1.38 bits per heavy atom. The van der Waals surface area contributed by atoms with Crippen LogP contribution in [-0.2, 0) is 9.59 Å². The Labute approximate surface area is 63.0 Å². The zero-order valence-corrected chi connectivity index (χ0v) is 8.16. The Bertz CT molecular complexity index is 87.5. The first-order valence-corrected chi connectivity index (χ1v) is 1.56. The van der Waals surface area contributed by atoms with E-state index in [2.05, 4.69) is 0 Å². The molecule has 0 aliphatic rings. The molecule has 0 fully saturated rings. The fourth-order valence-electron chi connectivity index (χ4n) is 0.129. The first kappa shape index (κ1) is 10.7. The molecular formula is C3H7O4Sb. The predicted molar refractivity (Wildman–Crippen MR) is 29.8 cm³/mol. The van der Waals surface area contributed by atoms with E-state index >= 15 is 0 Å². The number of carbonyl (C=O) groups is 2. The molecule has 0 atom stereocenters. The second kappa shape index (κ2) is 4.91. The molecule has 0 aromatic carbocycles. The molecule has 0 amide bonds. The van der Waals surface area contributed by atoms with Crippen molar-refractivity contribution in [2.45, 2.75) is 6.42 Å². The Morgan fingerprint density at radius 1 is 1.12 bits per heavy atom. The summed E-state index contributed by atoms with van der Waals surface area (Å²) in [6.07, 6.45) is -0.806. The molecule has 8 heavy (non-hydrogen) atoms. The number of hydrogen-bond acceptors (Lipinski definition) is 2. The van der Waals surface area contributed by atoms with Gasteiger partial charge in [0.05, 0.1) is 0 Å². The van der Waals surface area contributed by atoms with Gasteiger partial charge in [-0.3, -0.25) is 9.59 Å². The summed E-state index contributed by atoms with van der Waals surface area (Å²) in [5.74, 6) is -2.62. The molecule has 0 bridgehead atoms. The summed E-state index contributed by atoms with van der Waals surface area (Å²) in [6.45, 7) is 0. The topological polar surface area (TPSA) is 74.6 Å². The van der Waals surface area contributed by atoms with Gasteiger partial charge in [-0.15, -0.1) is 0 Å². The van der Waals surface area contributed by atoms with Crippen molar-refractivity contribution in [3.63, 3.8) is 0 Å². The first-order valence-electron chi connectivity index (χ1n) is 1.56. The van der Waals surface area contributed by atoms with E-state index in [1.807, 2.05) is 0 Å². The van der Waals surface area contributed by atoms with Crippen LogP contribution in [0.3, 0.4) is 0 Å². The molecule has 0 aromatic rings. The van der Waals surface area contributed by atoms with Gasteiger partial charge in [0.15, 0.2) is 0 Å². The zero-order valence-electron chi connectivity index (χ0n) is 4.13. The number of carboxylic acid groups (broad SMARTS) is 2. The van der Waals surface area contributed by atoms with E-state index in [0.717, 1.165) is 0 Å². The van der Waals surface area contributed by atoms with Crippen molar-refractivity contribution in [1.82, 2.24) is 0 Å². The number of hydrogen-bond donors (Lipinski definition) is 2. The van der Waals surface area contributed by atoms with Gasteiger partial charge in [-0.1, -0.05) is 0 Å². The van der Waals surface area contributed by atoms with Crippen LogP contribution < -0.4 is 0 Å². The van der Waals surface area contributed by atoms with E-state index in [1.54, 1.807) is 0 Å². The van der Waals surface area contributed by atoms with Crippen molar-refractivity contribution < 1.29 is 19.8 Å². The fraction of sp³-hybridized carbons (Fsp3) is 0.333. The van der Waals surface area contributed by atoms with Crippen molar-refractivity contribution in [3.05, 3.63) is 0 Å². The standard InChI is InChI=1S/C3H4O4.Sb.3H/c4-2(5)1-3(6)7;;;;/h1H2,(H,4,5)(H,6,7);;;;. The molecule has 0 heterocycles. The van der Waals surface area contributed by atoms with Crippen molar-refractivity contribution in [1.29, 1.82) is 0 Å². The third-order valence-electron chi connectivity index (χ3n) is 0.302. The molecule has 0 saturated carbocycles. The van der Waals surface area contributed by atoms with Crippen molar-refractivity contribution in [2.75, 3.05) is 0 Å². The van der Waals surface area contributed by atoms with Crippen LogP contribution in [0.15, 0.2) is 0 Å². The predicted octanol–water partition coefficient (Wildman–Crippen LogP) is -1.64. The Hall–Kier alpha value is -0.242. The molecule has 0 aromatic heterocycles. The Morgan fingerprint density at radius 2 is 1.38 bits per heavy atom. The average molecular weight is 229 g/mol. The molecule has 0 aliphatic carbocycles. The van der Waals surface area contributed by atoms with Crippen LogP contribution in [0, 0.1) is 0 Å². The SMILES string of the molecule is O=C(O)CC(=O)O.[SbH3]. The van der Waals surface area contributed by atoms with Gasteiger partial charge in [0.25, 0.3) is 0 Å². The van der Waals surface area contributed by atoms with Crippen molar-refractivity contribution in [3.8, 4) is 0 Å². The Balaban J connectivity index is 0. The van der Waals surface area contributed by atoms with Crippen LogP contribution in [0.25, 0.3) is 0 Å². The third kappa shape index (κ3) is 9.23. The van der Waals surface area contributed by atoms with E-state index < -0.39 is 18.4 Å². The molecule has 4 nitrogen and oxygen atoms in total. The average Bonchev–Trinajstić information content (AvgIpc) is 1.27. The van der Waals surface area contributed by atoms with Crippen LogP contribution in [0.4, 0.5) is 0 Å². The molecule has 2 N–H and O–H groups in total. The Kier molecular flexibility index (Phi) is 6.55. The van der Waals surface area contributed by atoms with Gasteiger partial charge in [0.2, 0.25) is 0 Å². The summed E-state index contributed by atoms with van der Waals surface area (Å²) in [6, 6.07) is 0. The normalized spacial score (nSPS) is 7.00. The molecular weight excluding hydrogens is 222 g/mol. The van der Waals surface area contributed by atoms with Gasteiger partial charge >= 0.3 is 36.4 Å². The molecule has 0 rings (SSSR count). The third-order valence-corrected chi connectivity index (χ3v) is 0.302. The summed E-state index contributed by atoms with van der Waals surface area (Å²) < 4.78 is 0. The molecule has 0 radical (unpaired) electrons. The maximum atomic E-state index is 9.43. The molecule has 0 unspecified atom stereocenters. The summed E-state index contributed by atoms with van der Waals surface area (Å²) in [4.78, 5) is 18.9. The van der Waals surface area contributed by atoms with Crippen LogP contribution >= 0.6 is 0 Å². The summed E-state index contributed by atoms with van der Waals surface area (Å²) in [5.41, 5.74) is 0. The number of aliphatic carboxylic acids is 2. The minimum atomic E-state index is -1.31. The van der Waals surface area contributed by atoms with E-state index in [-0.39, 0.29) is 24.4 Å². The van der Waals surface area contributed by atoms with Crippen molar-refractivity contribution in [2.24, 2.45) is 0 Å². The second-order valence-corrected chi connectivity index (χ2v) is 0.964. The first-order chi connectivity index (χ1) is 3.13. The molecule has 5 heteroatoms. The van der Waals surface area contributed by atoms with Gasteiger partial charge < -0.3 is 10.2 Å². The van der Waals surface area contributed by atoms with Gasteiger partial charge in [-0.05, 0) is 0 Å². The molecule has 48 valence electrons. The van der Waals surface area contributed by atoms with Crippen LogP contribution in [0.1, 0.15) is 6.42 Å². The molecule has 0 saturated heterocycles. The zero-order chi connectivity index (χ0) is 5.86. The summed E-state index contributed by atoms with van der Waals surface area (Å²) >= 11 is 0. The van der Waals surface area contributed by atoms with E-state index in [4.69, 9.17) is 10.2 Å². The van der Waals surface area contributed by atoms with Gasteiger partial charge in [-0.2, -0.15) is 0 Å². The van der Waals surface area contributed by atoms with Gasteiger partial charge in [0.1, 0.15) is 6.42 Å². The van der Waals surface area contributed by atoms with Crippen LogP contribution in [-0.4, -0.2) is 46.6 Å². The van der Waals surface area contributed by atoms with E-state index in [9.17, 15) is 9.59 Å². The van der Waals surface area contributed by atoms with E-state index in [0.29, 0.717) is 0 Å².